The van der Waals surface area contributed by atoms with Crippen molar-refractivity contribution in [3.05, 3.63) is 42.0 Å². The van der Waals surface area contributed by atoms with Crippen molar-refractivity contribution in [2.24, 2.45) is 7.05 Å². The Morgan fingerprint density at radius 2 is 1.88 bits per heavy atom. The van der Waals surface area contributed by atoms with Gasteiger partial charge in [0.25, 0.3) is 0 Å². The Morgan fingerprint density at radius 1 is 1.09 bits per heavy atom. The molecular weight excluding hydrogens is 434 g/mol. The van der Waals surface area contributed by atoms with Crippen LogP contribution in [0.4, 0.5) is 0 Å². The molecule has 0 amide bonds. The predicted molar refractivity (Wildman–Crippen MR) is 119 cm³/mol. The molecule has 0 aliphatic carbocycles. The number of phenolic OH excluding ortho intramolecular Hbond substituents is 1. The molecule has 2 heterocycles. The fraction of sp³-hybridized carbons (Fsp3) is 0.227. The second-order valence-electron chi connectivity index (χ2n) is 6.76. The van der Waals surface area contributed by atoms with Crippen LogP contribution in [0, 0.1) is 0 Å². The molecule has 0 aliphatic rings. The average molecular weight is 455 g/mol. The van der Waals surface area contributed by atoms with E-state index in [9.17, 15) is 9.90 Å². The quantitative estimate of drug-likeness (QED) is 0.312. The van der Waals surface area contributed by atoms with Gasteiger partial charge in [0.2, 0.25) is 5.75 Å². The van der Waals surface area contributed by atoms with Crippen LogP contribution in [-0.2, 0) is 7.05 Å². The standard InChI is InChI=1S/C22H21N3O6S/c1-25-21(17-10-12-6-5-7-16(29-3)19(12)31-17)23-24-22(25)32-11-14(26)13-8-9-15(28-2)18(27)20(13)30-4/h5-10,27H,11H2,1-4H3. The van der Waals surface area contributed by atoms with Crippen LogP contribution < -0.4 is 14.2 Å². The molecule has 4 rings (SSSR count). The molecule has 0 saturated heterocycles. The molecular formula is C22H21N3O6S. The zero-order valence-electron chi connectivity index (χ0n) is 17.9. The van der Waals surface area contributed by atoms with Crippen molar-refractivity contribution in [3.63, 3.8) is 0 Å². The highest BCUT2D eigenvalue weighted by molar-refractivity contribution is 7.99. The van der Waals surface area contributed by atoms with Gasteiger partial charge in [-0.25, -0.2) is 0 Å². The second kappa shape index (κ2) is 8.83. The van der Waals surface area contributed by atoms with E-state index in [1.807, 2.05) is 24.3 Å². The largest absolute Gasteiger partial charge is 0.502 e. The zero-order chi connectivity index (χ0) is 22.8. The molecule has 9 nitrogen and oxygen atoms in total. The molecule has 32 heavy (non-hydrogen) atoms. The number of Topliss-reactive ketones (excluding diaryl/α,β-unsaturated/α-hetero) is 1. The van der Waals surface area contributed by atoms with E-state index in [4.69, 9.17) is 18.6 Å². The number of carbonyl (C=O) groups is 1. The number of aromatic hydroxyl groups is 1. The predicted octanol–water partition coefficient (Wildman–Crippen LogP) is 3.93. The third-order valence-corrected chi connectivity index (χ3v) is 5.95. The number of ether oxygens (including phenoxy) is 3. The number of aromatic nitrogens is 3. The maximum atomic E-state index is 12.8. The third-order valence-electron chi connectivity index (χ3n) is 4.93. The van der Waals surface area contributed by atoms with Gasteiger partial charge in [-0.2, -0.15) is 0 Å². The number of methoxy groups -OCH3 is 3. The van der Waals surface area contributed by atoms with Gasteiger partial charge < -0.3 is 28.3 Å². The lowest BCUT2D eigenvalue weighted by atomic mass is 10.1. The monoisotopic (exact) mass is 455 g/mol. The first kappa shape index (κ1) is 21.6. The van der Waals surface area contributed by atoms with E-state index in [1.54, 1.807) is 24.8 Å². The molecule has 166 valence electrons. The van der Waals surface area contributed by atoms with E-state index in [-0.39, 0.29) is 34.3 Å². The smallest absolute Gasteiger partial charge is 0.201 e. The SMILES string of the molecule is COc1ccc(C(=O)CSc2nnc(-c3cc4cccc(OC)c4o3)n2C)c(OC)c1O. The van der Waals surface area contributed by atoms with Crippen molar-refractivity contribution in [2.75, 3.05) is 27.1 Å². The Hall–Kier alpha value is -3.66. The summed E-state index contributed by atoms with van der Waals surface area (Å²) in [5.41, 5.74) is 0.883. The van der Waals surface area contributed by atoms with E-state index in [1.165, 1.54) is 32.0 Å². The molecule has 10 heteroatoms. The van der Waals surface area contributed by atoms with Crippen molar-refractivity contribution in [2.45, 2.75) is 5.16 Å². The first-order chi connectivity index (χ1) is 15.5. The minimum Gasteiger partial charge on any atom is -0.502 e. The molecule has 0 bridgehead atoms. The minimum absolute atomic E-state index is 0.0715. The van der Waals surface area contributed by atoms with Crippen LogP contribution in [0.5, 0.6) is 23.0 Å². The van der Waals surface area contributed by atoms with Gasteiger partial charge in [0.1, 0.15) is 0 Å². The highest BCUT2D eigenvalue weighted by Crippen LogP contribution is 2.39. The maximum absolute atomic E-state index is 12.8. The number of carbonyl (C=O) groups excluding carboxylic acids is 1. The van der Waals surface area contributed by atoms with Crippen LogP contribution in [0.1, 0.15) is 10.4 Å². The second-order valence-corrected chi connectivity index (χ2v) is 7.71. The summed E-state index contributed by atoms with van der Waals surface area (Å²) in [7, 11) is 6.19. The lowest BCUT2D eigenvalue weighted by Crippen LogP contribution is -2.06. The number of thioether (sulfide) groups is 1. The van der Waals surface area contributed by atoms with Crippen LogP contribution in [0.2, 0.25) is 0 Å². The molecule has 1 N–H and O–H groups in total. The van der Waals surface area contributed by atoms with Gasteiger partial charge in [0, 0.05) is 12.4 Å². The van der Waals surface area contributed by atoms with Gasteiger partial charge >= 0.3 is 0 Å². The molecule has 0 atom stereocenters. The Balaban J connectivity index is 1.55. The van der Waals surface area contributed by atoms with Crippen molar-refractivity contribution < 1.29 is 28.5 Å². The number of phenols is 1. The molecule has 0 unspecified atom stereocenters. The van der Waals surface area contributed by atoms with Crippen molar-refractivity contribution in [3.8, 4) is 34.6 Å². The summed E-state index contributed by atoms with van der Waals surface area (Å²) in [6.45, 7) is 0. The fourth-order valence-electron chi connectivity index (χ4n) is 3.31. The first-order valence-corrected chi connectivity index (χ1v) is 10.5. The number of para-hydroxylation sites is 1. The number of benzene rings is 2. The summed E-state index contributed by atoms with van der Waals surface area (Å²) in [6, 6.07) is 10.6. The molecule has 4 aromatic rings. The highest BCUT2D eigenvalue weighted by atomic mass is 32.2. The molecule has 2 aromatic heterocycles. The lowest BCUT2D eigenvalue weighted by Gasteiger charge is -2.12. The third kappa shape index (κ3) is 3.73. The first-order valence-electron chi connectivity index (χ1n) is 9.54. The van der Waals surface area contributed by atoms with Gasteiger partial charge in [-0.15, -0.1) is 10.2 Å². The van der Waals surface area contributed by atoms with Gasteiger partial charge in [-0.05, 0) is 24.3 Å². The molecule has 0 radical (unpaired) electrons. The summed E-state index contributed by atoms with van der Waals surface area (Å²) in [5, 5.41) is 20.1. The number of furan rings is 1. The van der Waals surface area contributed by atoms with E-state index < -0.39 is 0 Å². The number of ketones is 1. The van der Waals surface area contributed by atoms with Crippen molar-refractivity contribution in [1.82, 2.24) is 14.8 Å². The molecule has 0 saturated carbocycles. The highest BCUT2D eigenvalue weighted by Gasteiger charge is 2.21. The topological polar surface area (TPSA) is 109 Å². The van der Waals surface area contributed by atoms with Gasteiger partial charge in [0.15, 0.2) is 45.4 Å². The van der Waals surface area contributed by atoms with Crippen LogP contribution in [0.25, 0.3) is 22.6 Å². The summed E-state index contributed by atoms with van der Waals surface area (Å²) < 4.78 is 23.3. The zero-order valence-corrected chi connectivity index (χ0v) is 18.7. The van der Waals surface area contributed by atoms with Crippen LogP contribution in [0.3, 0.4) is 0 Å². The maximum Gasteiger partial charge on any atom is 0.201 e. The summed E-state index contributed by atoms with van der Waals surface area (Å²) in [5.74, 6) is 1.62. The Morgan fingerprint density at radius 3 is 2.59 bits per heavy atom. The van der Waals surface area contributed by atoms with E-state index in [2.05, 4.69) is 10.2 Å². The fourth-order valence-corrected chi connectivity index (χ4v) is 4.11. The van der Waals surface area contributed by atoms with Crippen molar-refractivity contribution >= 4 is 28.5 Å². The van der Waals surface area contributed by atoms with Crippen LogP contribution in [0.15, 0.2) is 46.0 Å². The number of rotatable bonds is 8. The number of nitrogens with zero attached hydrogens (tertiary/aromatic N) is 3. The van der Waals surface area contributed by atoms with Crippen LogP contribution >= 0.6 is 11.8 Å². The molecule has 2 aromatic carbocycles. The molecule has 0 spiro atoms. The van der Waals surface area contributed by atoms with E-state index in [0.717, 1.165) is 5.39 Å². The van der Waals surface area contributed by atoms with Crippen LogP contribution in [-0.4, -0.2) is 52.7 Å². The van der Waals surface area contributed by atoms with E-state index >= 15 is 0 Å². The van der Waals surface area contributed by atoms with Gasteiger partial charge in [-0.1, -0.05) is 23.9 Å². The Labute approximate surface area is 187 Å². The number of hydrogen-bond donors (Lipinski definition) is 1. The van der Waals surface area contributed by atoms with E-state index in [0.29, 0.717) is 28.1 Å². The average Bonchev–Trinajstić information content (AvgIpc) is 3.40. The summed E-state index contributed by atoms with van der Waals surface area (Å²) >= 11 is 1.22. The Bertz CT molecular complexity index is 1300. The molecule has 0 fully saturated rings. The number of fused-ring (bicyclic) bond motifs is 1. The lowest BCUT2D eigenvalue weighted by molar-refractivity contribution is 0.101. The van der Waals surface area contributed by atoms with Crippen molar-refractivity contribution in [1.29, 1.82) is 0 Å². The summed E-state index contributed by atoms with van der Waals surface area (Å²) in [6.07, 6.45) is 0. The molecule has 0 aliphatic heterocycles. The Kier molecular flexibility index (Phi) is 5.95. The van der Waals surface area contributed by atoms with Gasteiger partial charge in [-0.3, -0.25) is 4.79 Å². The normalized spacial score (nSPS) is 11.0. The summed E-state index contributed by atoms with van der Waals surface area (Å²) in [4.78, 5) is 12.8. The van der Waals surface area contributed by atoms with Gasteiger partial charge in [0.05, 0.1) is 32.6 Å². The minimum atomic E-state index is -0.233. The number of hydrogen-bond acceptors (Lipinski definition) is 9.